The Bertz CT molecular complexity index is 721. The molecule has 1 heterocycles. The van der Waals surface area contributed by atoms with Gasteiger partial charge in [0.1, 0.15) is 5.75 Å². The number of rotatable bonds is 5. The Morgan fingerprint density at radius 2 is 2.32 bits per heavy atom. The molecule has 2 rings (SSSR count). The molecule has 0 aliphatic heterocycles. The van der Waals surface area contributed by atoms with E-state index >= 15 is 0 Å². The summed E-state index contributed by atoms with van der Waals surface area (Å²) in [6.07, 6.45) is 10.9. The van der Waals surface area contributed by atoms with Gasteiger partial charge in [-0.1, -0.05) is 12.0 Å². The minimum absolute atomic E-state index is 0.0851. The quantitative estimate of drug-likeness (QED) is 0.682. The minimum Gasteiger partial charge on any atom is -0.453 e. The lowest BCUT2D eigenvalue weighted by atomic mass is 10.2. The maximum Gasteiger partial charge on any atom is 0.244 e. The summed E-state index contributed by atoms with van der Waals surface area (Å²) in [6.45, 7) is 0.148. The van der Waals surface area contributed by atoms with Crippen molar-refractivity contribution in [3.63, 3.8) is 0 Å². The molecule has 1 N–H and O–H groups in total. The van der Waals surface area contributed by atoms with Crippen molar-refractivity contribution >= 4 is 12.0 Å². The predicted octanol–water partition coefficient (Wildman–Crippen LogP) is 2.78. The van der Waals surface area contributed by atoms with Gasteiger partial charge in [-0.2, -0.15) is 0 Å². The predicted molar refractivity (Wildman–Crippen MR) is 81.6 cm³/mol. The van der Waals surface area contributed by atoms with Crippen molar-refractivity contribution in [3.8, 4) is 23.8 Å². The molecule has 1 aromatic carbocycles. The maximum absolute atomic E-state index is 14.0. The van der Waals surface area contributed by atoms with Crippen molar-refractivity contribution in [3.05, 3.63) is 60.2 Å². The molecule has 1 amide bonds. The number of carbonyl (C=O) groups is 1. The Morgan fingerprint density at radius 3 is 3.00 bits per heavy atom. The number of nitrogens with one attached hydrogen (secondary N) is 1. The van der Waals surface area contributed by atoms with Crippen molar-refractivity contribution < 1.29 is 13.9 Å². The molecule has 110 valence electrons. The van der Waals surface area contributed by atoms with Gasteiger partial charge in [0.15, 0.2) is 11.6 Å². The van der Waals surface area contributed by atoms with Gasteiger partial charge < -0.3 is 10.1 Å². The van der Waals surface area contributed by atoms with Crippen LogP contribution in [0.5, 0.6) is 11.5 Å². The first kappa shape index (κ1) is 15.3. The number of ether oxygens (including phenoxy) is 1. The molecule has 4 nitrogen and oxygen atoms in total. The molecule has 2 aromatic rings. The van der Waals surface area contributed by atoms with Crippen LogP contribution in [0.2, 0.25) is 0 Å². The van der Waals surface area contributed by atoms with E-state index in [0.29, 0.717) is 11.3 Å². The van der Waals surface area contributed by atoms with Crippen molar-refractivity contribution in [1.82, 2.24) is 10.3 Å². The SMILES string of the molecule is C#CCNC(=O)/C=C\c1ccc(Oc2cccnc2)c(F)c1. The van der Waals surface area contributed by atoms with Crippen LogP contribution < -0.4 is 10.1 Å². The Kier molecular flexibility index (Phi) is 5.27. The summed E-state index contributed by atoms with van der Waals surface area (Å²) in [6, 6.07) is 7.77. The number of terminal acetylenes is 1. The molecule has 0 aliphatic carbocycles. The van der Waals surface area contributed by atoms with Crippen LogP contribution in [0.4, 0.5) is 4.39 Å². The number of hydrogen-bond acceptors (Lipinski definition) is 3. The van der Waals surface area contributed by atoms with E-state index in [1.807, 2.05) is 0 Å². The van der Waals surface area contributed by atoms with Crippen LogP contribution in [-0.2, 0) is 4.79 Å². The van der Waals surface area contributed by atoms with E-state index < -0.39 is 5.82 Å². The second kappa shape index (κ2) is 7.60. The maximum atomic E-state index is 14.0. The molecule has 0 radical (unpaired) electrons. The van der Waals surface area contributed by atoms with Crippen LogP contribution in [-0.4, -0.2) is 17.4 Å². The smallest absolute Gasteiger partial charge is 0.244 e. The second-order valence-corrected chi connectivity index (χ2v) is 4.24. The standard InChI is InChI=1S/C17H13FN2O2/c1-2-9-20-17(21)8-6-13-5-7-16(15(18)11-13)22-14-4-3-10-19-12-14/h1,3-8,10-12H,9H2,(H,20,21)/b8-6-. The number of hydrogen-bond donors (Lipinski definition) is 1. The Balaban J connectivity index is 2.05. The van der Waals surface area contributed by atoms with E-state index in [9.17, 15) is 9.18 Å². The Morgan fingerprint density at radius 1 is 1.45 bits per heavy atom. The average molecular weight is 296 g/mol. The highest BCUT2D eigenvalue weighted by molar-refractivity contribution is 5.91. The molecule has 0 aliphatic rings. The van der Waals surface area contributed by atoms with E-state index in [1.54, 1.807) is 24.4 Å². The number of benzene rings is 1. The summed E-state index contributed by atoms with van der Waals surface area (Å²) in [7, 11) is 0. The summed E-state index contributed by atoms with van der Waals surface area (Å²) >= 11 is 0. The van der Waals surface area contributed by atoms with Crippen molar-refractivity contribution in [2.24, 2.45) is 0 Å². The lowest BCUT2D eigenvalue weighted by Crippen LogP contribution is -2.20. The van der Waals surface area contributed by atoms with Gasteiger partial charge in [-0.3, -0.25) is 9.78 Å². The number of aromatic nitrogens is 1. The zero-order valence-electron chi connectivity index (χ0n) is 11.6. The third-order valence-electron chi connectivity index (χ3n) is 2.61. The zero-order chi connectivity index (χ0) is 15.8. The summed E-state index contributed by atoms with van der Waals surface area (Å²) in [5, 5.41) is 2.47. The molecule has 0 atom stereocenters. The van der Waals surface area contributed by atoms with Crippen molar-refractivity contribution in [2.45, 2.75) is 0 Å². The van der Waals surface area contributed by atoms with Crippen LogP contribution in [0.15, 0.2) is 48.8 Å². The molecular formula is C17H13FN2O2. The van der Waals surface area contributed by atoms with Crippen LogP contribution >= 0.6 is 0 Å². The lowest BCUT2D eigenvalue weighted by molar-refractivity contribution is -0.116. The first-order chi connectivity index (χ1) is 10.7. The molecule has 0 saturated heterocycles. The number of pyridine rings is 1. The van der Waals surface area contributed by atoms with Crippen LogP contribution in [0.1, 0.15) is 5.56 Å². The van der Waals surface area contributed by atoms with Crippen molar-refractivity contribution in [2.75, 3.05) is 6.54 Å². The number of amides is 1. The van der Waals surface area contributed by atoms with E-state index in [-0.39, 0.29) is 18.2 Å². The number of halogens is 1. The second-order valence-electron chi connectivity index (χ2n) is 4.24. The van der Waals surface area contributed by atoms with E-state index in [0.717, 1.165) is 0 Å². The van der Waals surface area contributed by atoms with Gasteiger partial charge in [-0.05, 0) is 35.9 Å². The van der Waals surface area contributed by atoms with Gasteiger partial charge in [0.05, 0.1) is 12.7 Å². The van der Waals surface area contributed by atoms with Crippen LogP contribution in [0.3, 0.4) is 0 Å². The highest BCUT2D eigenvalue weighted by Gasteiger charge is 2.05. The third kappa shape index (κ3) is 4.46. The molecule has 0 spiro atoms. The van der Waals surface area contributed by atoms with E-state index in [4.69, 9.17) is 11.2 Å². The summed E-state index contributed by atoms with van der Waals surface area (Å²) in [4.78, 5) is 15.2. The third-order valence-corrected chi connectivity index (χ3v) is 2.61. The molecule has 0 fully saturated rings. The summed E-state index contributed by atoms with van der Waals surface area (Å²) in [5.41, 5.74) is 0.534. The molecule has 0 unspecified atom stereocenters. The van der Waals surface area contributed by atoms with E-state index in [1.165, 1.54) is 30.5 Å². The fourth-order valence-electron chi connectivity index (χ4n) is 1.61. The fourth-order valence-corrected chi connectivity index (χ4v) is 1.61. The molecule has 22 heavy (non-hydrogen) atoms. The zero-order valence-corrected chi connectivity index (χ0v) is 11.6. The number of nitrogens with zero attached hydrogens (tertiary/aromatic N) is 1. The minimum atomic E-state index is -0.532. The Labute approximate surface area is 127 Å². The molecule has 1 aromatic heterocycles. The topological polar surface area (TPSA) is 51.2 Å². The van der Waals surface area contributed by atoms with Gasteiger partial charge in [0, 0.05) is 12.3 Å². The van der Waals surface area contributed by atoms with Crippen LogP contribution in [0, 0.1) is 18.2 Å². The molecule has 0 bridgehead atoms. The largest absolute Gasteiger partial charge is 0.453 e. The lowest BCUT2D eigenvalue weighted by Gasteiger charge is -2.06. The normalized spacial score (nSPS) is 10.2. The van der Waals surface area contributed by atoms with Gasteiger partial charge >= 0.3 is 0 Å². The summed E-state index contributed by atoms with van der Waals surface area (Å²) < 4.78 is 19.3. The first-order valence-corrected chi connectivity index (χ1v) is 6.46. The Hall–Kier alpha value is -3.13. The van der Waals surface area contributed by atoms with Gasteiger partial charge in [-0.15, -0.1) is 6.42 Å². The van der Waals surface area contributed by atoms with Crippen molar-refractivity contribution in [1.29, 1.82) is 0 Å². The van der Waals surface area contributed by atoms with Gasteiger partial charge in [0.25, 0.3) is 0 Å². The highest BCUT2D eigenvalue weighted by Crippen LogP contribution is 2.24. The summed E-state index contributed by atoms with van der Waals surface area (Å²) in [5.74, 6) is 1.95. The van der Waals surface area contributed by atoms with Crippen LogP contribution in [0.25, 0.3) is 6.08 Å². The highest BCUT2D eigenvalue weighted by atomic mass is 19.1. The monoisotopic (exact) mass is 296 g/mol. The fraction of sp³-hybridized carbons (Fsp3) is 0.0588. The number of carbonyl (C=O) groups excluding carboxylic acids is 1. The average Bonchev–Trinajstić information content (AvgIpc) is 2.54. The van der Waals surface area contributed by atoms with Gasteiger partial charge in [0.2, 0.25) is 5.91 Å². The molecule has 5 heteroatoms. The molecular weight excluding hydrogens is 283 g/mol. The van der Waals surface area contributed by atoms with Gasteiger partial charge in [-0.25, -0.2) is 4.39 Å². The molecule has 0 saturated carbocycles. The van der Waals surface area contributed by atoms with E-state index in [2.05, 4.69) is 16.2 Å². The first-order valence-electron chi connectivity index (χ1n) is 6.46.